The van der Waals surface area contributed by atoms with Crippen molar-refractivity contribution in [2.24, 2.45) is 5.92 Å². The minimum absolute atomic E-state index is 0.0655. The molecule has 104 valence electrons. The Bertz CT molecular complexity index is 324. The second-order valence-electron chi connectivity index (χ2n) is 5.31. The molecule has 2 aliphatic rings. The number of ether oxygens (including phenoxy) is 1. The van der Waals surface area contributed by atoms with E-state index in [0.29, 0.717) is 13.2 Å². The van der Waals surface area contributed by atoms with Crippen molar-refractivity contribution in [2.75, 3.05) is 13.2 Å². The molecule has 7 atom stereocenters. The second-order valence-corrected chi connectivity index (χ2v) is 5.31. The number of quaternary nitrogens is 1. The third-order valence-corrected chi connectivity index (χ3v) is 4.32. The van der Waals surface area contributed by atoms with Gasteiger partial charge in [-0.1, -0.05) is 0 Å². The molecule has 18 heavy (non-hydrogen) atoms. The van der Waals surface area contributed by atoms with Crippen LogP contribution in [0.5, 0.6) is 0 Å². The highest BCUT2D eigenvalue weighted by atomic mass is 16.5. The van der Waals surface area contributed by atoms with Gasteiger partial charge in [0, 0.05) is 0 Å². The van der Waals surface area contributed by atoms with Crippen LogP contribution in [0.25, 0.3) is 0 Å². The van der Waals surface area contributed by atoms with Crippen LogP contribution >= 0.6 is 0 Å². The number of aliphatic hydroxyl groups excluding tert-OH is 3. The molecule has 0 radical (unpaired) electrons. The van der Waals surface area contributed by atoms with Crippen LogP contribution in [-0.2, 0) is 9.53 Å². The number of rotatable bonds is 2. The van der Waals surface area contributed by atoms with Gasteiger partial charge in [-0.25, -0.2) is 0 Å². The Kier molecular flexibility index (Phi) is 3.91. The number of nitrogens with one attached hydrogen (secondary N) is 1. The van der Waals surface area contributed by atoms with Gasteiger partial charge in [0.05, 0.1) is 12.6 Å². The normalized spacial score (nSPS) is 47.7. The molecule has 0 amide bonds. The monoisotopic (exact) mass is 260 g/mol. The van der Waals surface area contributed by atoms with Crippen LogP contribution in [0.4, 0.5) is 0 Å². The van der Waals surface area contributed by atoms with Crippen LogP contribution in [0, 0.1) is 5.92 Å². The minimum atomic E-state index is -0.916. The first-order valence-electron chi connectivity index (χ1n) is 6.53. The average Bonchev–Trinajstić information content (AvgIpc) is 2.62. The van der Waals surface area contributed by atoms with Crippen LogP contribution in [0.3, 0.4) is 0 Å². The zero-order chi connectivity index (χ0) is 13.4. The first kappa shape index (κ1) is 13.7. The molecule has 2 aliphatic heterocycles. The van der Waals surface area contributed by atoms with Crippen molar-refractivity contribution < 1.29 is 29.8 Å². The summed E-state index contributed by atoms with van der Waals surface area (Å²) in [6.07, 6.45) is -2.24. The SMILES string of the molecule is CCOC(=O)C1C[C@@H](O)[C@@H]2[C@H](O)[C@H](O)C[NH+]2[C@H]1C. The molecule has 0 aromatic carbocycles. The third-order valence-electron chi connectivity index (χ3n) is 4.32. The van der Waals surface area contributed by atoms with Gasteiger partial charge in [0.1, 0.15) is 36.8 Å². The van der Waals surface area contributed by atoms with Crippen LogP contribution in [0.1, 0.15) is 20.3 Å². The number of aliphatic hydroxyl groups is 3. The van der Waals surface area contributed by atoms with Gasteiger partial charge in [-0.3, -0.25) is 4.79 Å². The van der Waals surface area contributed by atoms with Gasteiger partial charge >= 0.3 is 5.97 Å². The molecule has 0 saturated carbocycles. The molecule has 2 heterocycles. The van der Waals surface area contributed by atoms with E-state index in [1.54, 1.807) is 6.92 Å². The fourth-order valence-electron chi connectivity index (χ4n) is 3.34. The average molecular weight is 260 g/mol. The van der Waals surface area contributed by atoms with Crippen LogP contribution in [-0.4, -0.2) is 64.8 Å². The molecule has 0 aliphatic carbocycles. The first-order chi connectivity index (χ1) is 8.47. The number of hydrogen-bond acceptors (Lipinski definition) is 5. The molecule has 0 spiro atoms. The van der Waals surface area contributed by atoms with Crippen LogP contribution in [0.2, 0.25) is 0 Å². The zero-order valence-corrected chi connectivity index (χ0v) is 10.7. The van der Waals surface area contributed by atoms with E-state index in [0.717, 1.165) is 4.90 Å². The highest BCUT2D eigenvalue weighted by Crippen LogP contribution is 2.23. The minimum Gasteiger partial charge on any atom is -0.466 e. The standard InChI is InChI=1S/C12H21NO5/c1-3-18-12(17)7-4-8(14)10-11(16)9(15)5-13(10)6(7)2/h6-11,14-16H,3-5H2,1-2H3/p+1/t6-,7?,8+,9+,10+,11+/m0/s1. The molecule has 2 unspecified atom stereocenters. The van der Waals surface area contributed by atoms with E-state index in [4.69, 9.17) is 4.74 Å². The maximum absolute atomic E-state index is 11.8. The van der Waals surface area contributed by atoms with Gasteiger partial charge in [-0.2, -0.15) is 0 Å². The molecule has 0 aromatic rings. The Morgan fingerprint density at radius 1 is 1.33 bits per heavy atom. The fraction of sp³-hybridized carbons (Fsp3) is 0.917. The number of esters is 1. The predicted molar refractivity (Wildman–Crippen MR) is 61.8 cm³/mol. The Labute approximate surface area is 106 Å². The van der Waals surface area contributed by atoms with E-state index in [1.165, 1.54) is 0 Å². The van der Waals surface area contributed by atoms with Gasteiger partial charge in [0.25, 0.3) is 0 Å². The van der Waals surface area contributed by atoms with Crippen molar-refractivity contribution in [3.05, 3.63) is 0 Å². The molecule has 2 rings (SSSR count). The lowest BCUT2D eigenvalue weighted by Crippen LogP contribution is -3.21. The van der Waals surface area contributed by atoms with Crippen molar-refractivity contribution in [3.8, 4) is 0 Å². The van der Waals surface area contributed by atoms with Gasteiger partial charge < -0.3 is 25.0 Å². The topological polar surface area (TPSA) is 91.4 Å². The Morgan fingerprint density at radius 3 is 2.61 bits per heavy atom. The largest absolute Gasteiger partial charge is 0.466 e. The summed E-state index contributed by atoms with van der Waals surface area (Å²) in [7, 11) is 0. The summed E-state index contributed by atoms with van der Waals surface area (Å²) in [6.45, 7) is 4.34. The number of piperidine rings is 1. The van der Waals surface area contributed by atoms with E-state index < -0.39 is 24.4 Å². The summed E-state index contributed by atoms with van der Waals surface area (Å²) >= 11 is 0. The lowest BCUT2D eigenvalue weighted by atomic mass is 9.84. The molecular weight excluding hydrogens is 238 g/mol. The number of carbonyl (C=O) groups excluding carboxylic acids is 1. The van der Waals surface area contributed by atoms with Gasteiger partial charge in [-0.05, 0) is 20.3 Å². The fourth-order valence-corrected chi connectivity index (χ4v) is 3.34. The van der Waals surface area contributed by atoms with E-state index >= 15 is 0 Å². The Morgan fingerprint density at radius 2 is 2.00 bits per heavy atom. The summed E-state index contributed by atoms with van der Waals surface area (Å²) in [6, 6.07) is -0.468. The summed E-state index contributed by atoms with van der Waals surface area (Å²) in [4.78, 5) is 12.7. The molecule has 0 bridgehead atoms. The van der Waals surface area contributed by atoms with Crippen molar-refractivity contribution in [1.82, 2.24) is 0 Å². The lowest BCUT2D eigenvalue weighted by Gasteiger charge is -2.40. The van der Waals surface area contributed by atoms with Gasteiger partial charge in [0.2, 0.25) is 0 Å². The Hall–Kier alpha value is -0.690. The molecule has 6 nitrogen and oxygen atoms in total. The number of hydrogen-bond donors (Lipinski definition) is 4. The van der Waals surface area contributed by atoms with E-state index in [-0.39, 0.29) is 24.3 Å². The molecule has 4 N–H and O–H groups in total. The number of carbonyl (C=O) groups is 1. The van der Waals surface area contributed by atoms with Crippen molar-refractivity contribution in [1.29, 1.82) is 0 Å². The smallest absolute Gasteiger partial charge is 0.315 e. The summed E-state index contributed by atoms with van der Waals surface area (Å²) in [5.41, 5.74) is 0. The van der Waals surface area contributed by atoms with Gasteiger partial charge in [0.15, 0.2) is 0 Å². The lowest BCUT2D eigenvalue weighted by molar-refractivity contribution is -0.949. The maximum atomic E-state index is 11.8. The highest BCUT2D eigenvalue weighted by molar-refractivity contribution is 5.73. The summed E-state index contributed by atoms with van der Waals surface area (Å²) in [5.74, 6) is -0.672. The summed E-state index contributed by atoms with van der Waals surface area (Å²) < 4.78 is 5.01. The third kappa shape index (κ3) is 2.14. The molecular formula is C12H22NO5+. The molecule has 0 aromatic heterocycles. The van der Waals surface area contributed by atoms with E-state index in [9.17, 15) is 20.1 Å². The van der Waals surface area contributed by atoms with Crippen LogP contribution < -0.4 is 4.90 Å². The first-order valence-corrected chi connectivity index (χ1v) is 6.53. The molecule has 6 heteroatoms. The van der Waals surface area contributed by atoms with Crippen molar-refractivity contribution in [2.45, 2.75) is 50.7 Å². The predicted octanol–water partition coefficient (Wildman–Crippen LogP) is -2.69. The van der Waals surface area contributed by atoms with E-state index in [1.807, 2.05) is 6.92 Å². The Balaban J connectivity index is 2.14. The summed E-state index contributed by atoms with van der Waals surface area (Å²) in [5, 5.41) is 29.6. The molecule has 2 fully saturated rings. The zero-order valence-electron chi connectivity index (χ0n) is 10.7. The second kappa shape index (κ2) is 5.13. The number of fused-ring (bicyclic) bond motifs is 1. The quantitative estimate of drug-likeness (QED) is 0.406. The van der Waals surface area contributed by atoms with Crippen molar-refractivity contribution >= 4 is 5.97 Å². The maximum Gasteiger partial charge on any atom is 0.315 e. The van der Waals surface area contributed by atoms with Crippen LogP contribution in [0.15, 0.2) is 0 Å². The molecule has 2 saturated heterocycles. The van der Waals surface area contributed by atoms with Crippen molar-refractivity contribution in [3.63, 3.8) is 0 Å². The van der Waals surface area contributed by atoms with Gasteiger partial charge in [-0.15, -0.1) is 0 Å². The van der Waals surface area contributed by atoms with E-state index in [2.05, 4.69) is 0 Å². The highest BCUT2D eigenvalue weighted by Gasteiger charge is 2.56.